The Bertz CT molecular complexity index is 869. The Kier molecular flexibility index (Phi) is 12.0. The quantitative estimate of drug-likeness (QED) is 0.235. The van der Waals surface area contributed by atoms with Crippen molar-refractivity contribution in [3.05, 3.63) is 63.6 Å². The molecule has 0 heterocycles. The number of carboxylic acid groups (broad SMARTS) is 1. The zero-order chi connectivity index (χ0) is 22.3. The second kappa shape index (κ2) is 14.8. The van der Waals surface area contributed by atoms with Crippen molar-refractivity contribution in [3.63, 3.8) is 0 Å². The number of nitrogens with one attached hydrogen (secondary N) is 1. The predicted molar refractivity (Wildman–Crippen MR) is 131 cm³/mol. The van der Waals surface area contributed by atoms with Crippen molar-refractivity contribution >= 4 is 34.9 Å². The summed E-state index contributed by atoms with van der Waals surface area (Å²) in [6.07, 6.45) is 12.1. The Morgan fingerprint density at radius 3 is 2.03 bits per heavy atom. The minimum absolute atomic E-state index is 0.321. The van der Waals surface area contributed by atoms with Crippen LogP contribution in [0.15, 0.2) is 42.5 Å². The van der Waals surface area contributed by atoms with E-state index in [2.05, 4.69) is 17.2 Å². The number of benzene rings is 2. The molecular weight excluding hydrogens is 429 g/mol. The number of hydrogen-bond acceptors (Lipinski definition) is 2. The molecule has 0 spiro atoms. The molecule has 0 aromatic heterocycles. The lowest BCUT2D eigenvalue weighted by Crippen LogP contribution is -2.02. The van der Waals surface area contributed by atoms with Crippen LogP contribution in [0.1, 0.15) is 80.1 Å². The third kappa shape index (κ3) is 10.6. The van der Waals surface area contributed by atoms with Crippen LogP contribution >= 0.6 is 23.2 Å². The van der Waals surface area contributed by atoms with Gasteiger partial charge in [-0.2, -0.15) is 0 Å². The number of carbonyl (C=O) groups is 1. The molecule has 0 aliphatic heterocycles. The van der Waals surface area contributed by atoms with Crippen LogP contribution in [0.5, 0.6) is 0 Å². The first-order valence-corrected chi connectivity index (χ1v) is 11.8. The van der Waals surface area contributed by atoms with Crippen molar-refractivity contribution in [2.75, 3.05) is 11.9 Å². The van der Waals surface area contributed by atoms with E-state index in [-0.39, 0.29) is 0 Å². The lowest BCUT2D eigenvalue weighted by Gasteiger charge is -2.06. The van der Waals surface area contributed by atoms with Crippen LogP contribution in [0.25, 0.3) is 0 Å². The Morgan fingerprint density at radius 1 is 0.806 bits per heavy atom. The van der Waals surface area contributed by atoms with E-state index in [0.29, 0.717) is 15.6 Å². The van der Waals surface area contributed by atoms with E-state index in [1.54, 1.807) is 18.2 Å². The maximum atomic E-state index is 10.8. The van der Waals surface area contributed by atoms with Gasteiger partial charge in [0.25, 0.3) is 0 Å². The molecule has 0 atom stereocenters. The molecule has 3 nitrogen and oxygen atoms in total. The number of anilines is 1. The molecule has 2 N–H and O–H groups in total. The highest BCUT2D eigenvalue weighted by Gasteiger charge is 2.01. The summed E-state index contributed by atoms with van der Waals surface area (Å²) in [5.74, 6) is 5.47. The summed E-state index contributed by atoms with van der Waals surface area (Å²) in [7, 11) is 0. The average molecular weight is 460 g/mol. The number of unbranched alkanes of at least 4 members (excludes halogenated alkanes) is 9. The Morgan fingerprint density at radius 2 is 1.42 bits per heavy atom. The van der Waals surface area contributed by atoms with Crippen LogP contribution in [0.2, 0.25) is 10.0 Å². The van der Waals surface area contributed by atoms with E-state index >= 15 is 0 Å². The molecular formula is C26H31Cl2NO2. The third-order valence-corrected chi connectivity index (χ3v) is 5.83. The molecule has 166 valence electrons. The summed E-state index contributed by atoms with van der Waals surface area (Å²) in [4.78, 5) is 10.8. The van der Waals surface area contributed by atoms with Gasteiger partial charge in [-0.1, -0.05) is 80.0 Å². The normalized spacial score (nSPS) is 10.4. The lowest BCUT2D eigenvalue weighted by molar-refractivity contribution is 0.0697. The first-order chi connectivity index (χ1) is 15.1. The summed E-state index contributed by atoms with van der Waals surface area (Å²) in [6.45, 7) is 0.926. The molecule has 0 amide bonds. The van der Waals surface area contributed by atoms with Gasteiger partial charge in [0.2, 0.25) is 0 Å². The van der Waals surface area contributed by atoms with Gasteiger partial charge in [-0.05, 0) is 55.3 Å². The van der Waals surface area contributed by atoms with Crippen molar-refractivity contribution in [2.24, 2.45) is 0 Å². The van der Waals surface area contributed by atoms with Gasteiger partial charge in [0, 0.05) is 24.2 Å². The highest BCUT2D eigenvalue weighted by atomic mass is 35.5. The van der Waals surface area contributed by atoms with Gasteiger partial charge in [-0.15, -0.1) is 0 Å². The first-order valence-electron chi connectivity index (χ1n) is 11.1. The van der Waals surface area contributed by atoms with Crippen molar-refractivity contribution < 1.29 is 9.90 Å². The number of rotatable bonds is 13. The summed E-state index contributed by atoms with van der Waals surface area (Å²) in [5.41, 5.74) is 2.22. The summed E-state index contributed by atoms with van der Waals surface area (Å²) < 4.78 is 0. The van der Waals surface area contributed by atoms with E-state index in [9.17, 15) is 4.79 Å². The molecule has 31 heavy (non-hydrogen) atoms. The Labute approximate surface area is 196 Å². The summed E-state index contributed by atoms with van der Waals surface area (Å²) in [5, 5.41) is 13.4. The topological polar surface area (TPSA) is 49.3 Å². The van der Waals surface area contributed by atoms with Gasteiger partial charge in [0.05, 0.1) is 15.6 Å². The zero-order valence-electron chi connectivity index (χ0n) is 17.9. The van der Waals surface area contributed by atoms with E-state index in [0.717, 1.165) is 37.1 Å². The molecule has 0 fully saturated rings. The molecule has 2 aromatic carbocycles. The maximum absolute atomic E-state index is 10.8. The monoisotopic (exact) mass is 459 g/mol. The van der Waals surface area contributed by atoms with Crippen LogP contribution in [-0.4, -0.2) is 17.6 Å². The smallest absolute Gasteiger partial charge is 0.335 e. The highest BCUT2D eigenvalue weighted by Crippen LogP contribution is 2.22. The third-order valence-electron chi connectivity index (χ3n) is 5.09. The van der Waals surface area contributed by atoms with Gasteiger partial charge in [0.1, 0.15) is 0 Å². The molecule has 0 saturated heterocycles. The summed E-state index contributed by atoms with van der Waals surface area (Å²) >= 11 is 11.9. The number of halogens is 2. The molecule has 0 unspecified atom stereocenters. The minimum Gasteiger partial charge on any atom is -0.478 e. The minimum atomic E-state index is -0.889. The molecule has 2 aromatic rings. The van der Waals surface area contributed by atoms with Crippen LogP contribution in [-0.2, 0) is 0 Å². The second-order valence-corrected chi connectivity index (χ2v) is 8.49. The van der Waals surface area contributed by atoms with Crippen LogP contribution in [0, 0.1) is 11.8 Å². The molecule has 0 bridgehead atoms. The first kappa shape index (κ1) is 25.1. The largest absolute Gasteiger partial charge is 0.478 e. The molecule has 0 aliphatic rings. The SMILES string of the molecule is O=C(O)c1ccc(NCCCCCCCCCCCC#Cc2ccc(Cl)c(Cl)c2)cc1. The Balaban J connectivity index is 1.39. The van der Waals surface area contributed by atoms with Crippen LogP contribution in [0.4, 0.5) is 5.69 Å². The molecule has 2 rings (SSSR count). The predicted octanol–water partition coefficient (Wildman–Crippen LogP) is 8.06. The van der Waals surface area contributed by atoms with Crippen molar-refractivity contribution in [1.82, 2.24) is 0 Å². The van der Waals surface area contributed by atoms with E-state index in [4.69, 9.17) is 28.3 Å². The average Bonchev–Trinajstić information content (AvgIpc) is 2.76. The molecule has 5 heteroatoms. The standard InChI is InChI=1S/C26H31Cl2NO2/c27-24-18-13-21(20-25(24)28)12-10-8-6-4-2-1-3-5-7-9-11-19-29-23-16-14-22(15-17-23)26(30)31/h13-18,20,29H,1-9,11,19H2,(H,30,31). The van der Waals surface area contributed by atoms with Gasteiger partial charge in [-0.25, -0.2) is 4.79 Å². The zero-order valence-corrected chi connectivity index (χ0v) is 19.4. The number of carboxylic acids is 1. The van der Waals surface area contributed by atoms with Crippen molar-refractivity contribution in [2.45, 2.75) is 64.2 Å². The second-order valence-electron chi connectivity index (χ2n) is 7.67. The van der Waals surface area contributed by atoms with Crippen molar-refractivity contribution in [1.29, 1.82) is 0 Å². The highest BCUT2D eigenvalue weighted by molar-refractivity contribution is 6.42. The van der Waals surface area contributed by atoms with Gasteiger partial charge >= 0.3 is 5.97 Å². The fraction of sp³-hybridized carbons (Fsp3) is 0.423. The van der Waals surface area contributed by atoms with Crippen LogP contribution < -0.4 is 5.32 Å². The van der Waals surface area contributed by atoms with Crippen molar-refractivity contribution in [3.8, 4) is 11.8 Å². The molecule has 0 aliphatic carbocycles. The fourth-order valence-corrected chi connectivity index (χ4v) is 3.58. The van der Waals surface area contributed by atoms with Gasteiger partial charge in [-0.3, -0.25) is 0 Å². The van der Waals surface area contributed by atoms with Gasteiger partial charge in [0.15, 0.2) is 0 Å². The molecule has 0 radical (unpaired) electrons. The lowest BCUT2D eigenvalue weighted by atomic mass is 10.1. The number of aromatic carboxylic acids is 1. The fourth-order valence-electron chi connectivity index (χ4n) is 3.28. The summed E-state index contributed by atoms with van der Waals surface area (Å²) in [6, 6.07) is 12.4. The van der Waals surface area contributed by atoms with E-state index < -0.39 is 5.97 Å². The van der Waals surface area contributed by atoms with Crippen LogP contribution in [0.3, 0.4) is 0 Å². The van der Waals surface area contributed by atoms with Gasteiger partial charge < -0.3 is 10.4 Å². The molecule has 0 saturated carbocycles. The van der Waals surface area contributed by atoms with E-state index in [1.165, 1.54) is 44.9 Å². The van der Waals surface area contributed by atoms with E-state index in [1.807, 2.05) is 24.3 Å². The number of hydrogen-bond donors (Lipinski definition) is 2. The Hall–Kier alpha value is -2.15. The maximum Gasteiger partial charge on any atom is 0.335 e.